The number of hydrogen-bond donors (Lipinski definition) is 1. The molecule has 2 atom stereocenters. The first kappa shape index (κ1) is 12.8. The number of fused-ring (bicyclic) bond motifs is 1. The van der Waals surface area contributed by atoms with Crippen molar-refractivity contribution in [3.63, 3.8) is 0 Å². The second-order valence-corrected chi connectivity index (χ2v) is 6.44. The zero-order chi connectivity index (χ0) is 13.4. The predicted octanol–water partition coefficient (Wildman–Crippen LogP) is 0.677. The summed E-state index contributed by atoms with van der Waals surface area (Å²) >= 11 is 1.17. The third-order valence-corrected chi connectivity index (χ3v) is 5.00. The van der Waals surface area contributed by atoms with Gasteiger partial charge in [0.25, 0.3) is 5.91 Å². The average Bonchev–Trinajstić information content (AvgIpc) is 2.84. The Morgan fingerprint density at radius 3 is 2.95 bits per heavy atom. The molecule has 6 nitrogen and oxygen atoms in total. The van der Waals surface area contributed by atoms with Crippen molar-refractivity contribution in [1.82, 2.24) is 20.0 Å². The summed E-state index contributed by atoms with van der Waals surface area (Å²) < 4.78 is 0. The lowest BCUT2D eigenvalue weighted by atomic mass is 9.84. The average molecular weight is 281 g/mol. The van der Waals surface area contributed by atoms with E-state index in [0.29, 0.717) is 22.1 Å². The van der Waals surface area contributed by atoms with Crippen molar-refractivity contribution < 1.29 is 4.79 Å². The summed E-state index contributed by atoms with van der Waals surface area (Å²) in [7, 11) is 2.19. The summed E-state index contributed by atoms with van der Waals surface area (Å²) in [5.41, 5.74) is 5.54. The largest absolute Gasteiger partial charge is 0.374 e. The fraction of sp³-hybridized carbons (Fsp3) is 0.750. The van der Waals surface area contributed by atoms with Crippen molar-refractivity contribution in [2.45, 2.75) is 25.3 Å². The third kappa shape index (κ3) is 2.44. The fourth-order valence-corrected chi connectivity index (χ4v) is 3.87. The molecular weight excluding hydrogens is 262 g/mol. The standard InChI is InChI=1S/C12H19N5OS/c1-16-5-2-3-8-7-17(6-4-9(8)16)11(18)10-14-15-12(13)19-10/h8-9H,2-7H2,1H3,(H2,13,15). The summed E-state index contributed by atoms with van der Waals surface area (Å²) in [6.45, 7) is 2.83. The van der Waals surface area contributed by atoms with Gasteiger partial charge in [0.1, 0.15) is 0 Å². The summed E-state index contributed by atoms with van der Waals surface area (Å²) in [5.74, 6) is 0.586. The summed E-state index contributed by atoms with van der Waals surface area (Å²) in [6.07, 6.45) is 3.50. The van der Waals surface area contributed by atoms with Gasteiger partial charge in [0.05, 0.1) is 0 Å². The van der Waals surface area contributed by atoms with E-state index in [4.69, 9.17) is 5.73 Å². The van der Waals surface area contributed by atoms with Gasteiger partial charge in [-0.15, -0.1) is 10.2 Å². The number of piperidine rings is 2. The molecule has 19 heavy (non-hydrogen) atoms. The van der Waals surface area contributed by atoms with Crippen LogP contribution >= 0.6 is 11.3 Å². The van der Waals surface area contributed by atoms with E-state index in [9.17, 15) is 4.79 Å². The molecule has 0 aliphatic carbocycles. The van der Waals surface area contributed by atoms with Crippen LogP contribution in [-0.2, 0) is 0 Å². The van der Waals surface area contributed by atoms with Crippen molar-refractivity contribution in [3.05, 3.63) is 5.01 Å². The zero-order valence-corrected chi connectivity index (χ0v) is 11.9. The normalized spacial score (nSPS) is 28.2. The summed E-state index contributed by atoms with van der Waals surface area (Å²) in [4.78, 5) is 16.7. The van der Waals surface area contributed by atoms with E-state index in [1.807, 2.05) is 4.90 Å². The Morgan fingerprint density at radius 1 is 1.37 bits per heavy atom. The van der Waals surface area contributed by atoms with E-state index in [0.717, 1.165) is 19.5 Å². The van der Waals surface area contributed by atoms with Crippen molar-refractivity contribution in [2.24, 2.45) is 5.92 Å². The molecule has 0 spiro atoms. The molecule has 1 aromatic heterocycles. The van der Waals surface area contributed by atoms with E-state index in [1.165, 1.54) is 30.7 Å². The fourth-order valence-electron chi connectivity index (χ4n) is 3.29. The molecule has 1 amide bonds. The van der Waals surface area contributed by atoms with Crippen LogP contribution in [0.2, 0.25) is 0 Å². The number of aromatic nitrogens is 2. The molecule has 2 fully saturated rings. The Bertz CT molecular complexity index is 476. The minimum Gasteiger partial charge on any atom is -0.374 e. The molecule has 2 saturated heterocycles. The highest BCUT2D eigenvalue weighted by atomic mass is 32.1. The highest BCUT2D eigenvalue weighted by Crippen LogP contribution is 2.30. The summed E-state index contributed by atoms with van der Waals surface area (Å²) in [5, 5.41) is 8.34. The molecule has 1 aromatic rings. The highest BCUT2D eigenvalue weighted by molar-refractivity contribution is 7.16. The Labute approximate surface area is 116 Å². The highest BCUT2D eigenvalue weighted by Gasteiger charge is 2.36. The second-order valence-electron chi connectivity index (χ2n) is 5.44. The number of hydrogen-bond acceptors (Lipinski definition) is 6. The van der Waals surface area contributed by atoms with E-state index in [2.05, 4.69) is 22.1 Å². The third-order valence-electron chi connectivity index (χ3n) is 4.26. The Balaban J connectivity index is 1.69. The number of nitrogens with zero attached hydrogens (tertiary/aromatic N) is 4. The Morgan fingerprint density at radius 2 is 2.21 bits per heavy atom. The van der Waals surface area contributed by atoms with E-state index < -0.39 is 0 Å². The SMILES string of the molecule is CN1CCCC2CN(C(=O)c3nnc(N)s3)CCC21. The molecule has 2 N–H and O–H groups in total. The van der Waals surface area contributed by atoms with Gasteiger partial charge in [-0.3, -0.25) is 4.79 Å². The van der Waals surface area contributed by atoms with Crippen LogP contribution in [0, 0.1) is 5.92 Å². The minimum absolute atomic E-state index is 0.0131. The molecule has 2 aliphatic rings. The first-order valence-electron chi connectivity index (χ1n) is 6.73. The molecule has 0 radical (unpaired) electrons. The molecule has 0 aromatic carbocycles. The zero-order valence-electron chi connectivity index (χ0n) is 11.1. The van der Waals surface area contributed by atoms with Crippen molar-refractivity contribution >= 4 is 22.4 Å². The van der Waals surface area contributed by atoms with Gasteiger partial charge >= 0.3 is 0 Å². The second kappa shape index (κ2) is 5.05. The van der Waals surface area contributed by atoms with Gasteiger partial charge in [0, 0.05) is 19.1 Å². The smallest absolute Gasteiger partial charge is 0.284 e. The van der Waals surface area contributed by atoms with Crippen LogP contribution in [0.15, 0.2) is 0 Å². The van der Waals surface area contributed by atoms with Crippen LogP contribution in [0.5, 0.6) is 0 Å². The predicted molar refractivity (Wildman–Crippen MR) is 74.0 cm³/mol. The number of nitrogens with two attached hydrogens (primary N) is 1. The molecule has 2 aliphatic heterocycles. The number of amides is 1. The van der Waals surface area contributed by atoms with Crippen molar-refractivity contribution in [3.8, 4) is 0 Å². The first-order chi connectivity index (χ1) is 9.15. The molecule has 2 unspecified atom stereocenters. The topological polar surface area (TPSA) is 75.3 Å². The van der Waals surface area contributed by atoms with E-state index in [1.54, 1.807) is 0 Å². The van der Waals surface area contributed by atoms with Crippen LogP contribution in [0.1, 0.15) is 29.1 Å². The molecule has 7 heteroatoms. The maximum atomic E-state index is 12.3. The monoisotopic (exact) mass is 281 g/mol. The van der Waals surface area contributed by atoms with Crippen LogP contribution in [0.25, 0.3) is 0 Å². The minimum atomic E-state index is -0.0131. The Kier molecular flexibility index (Phi) is 3.40. The van der Waals surface area contributed by atoms with Crippen LogP contribution in [0.4, 0.5) is 5.13 Å². The quantitative estimate of drug-likeness (QED) is 0.819. The van der Waals surface area contributed by atoms with E-state index >= 15 is 0 Å². The van der Waals surface area contributed by atoms with Gasteiger partial charge < -0.3 is 15.5 Å². The van der Waals surface area contributed by atoms with Crippen molar-refractivity contribution in [2.75, 3.05) is 32.4 Å². The number of anilines is 1. The molecule has 104 valence electrons. The van der Waals surface area contributed by atoms with Gasteiger partial charge in [-0.05, 0) is 38.8 Å². The number of carbonyl (C=O) groups excluding carboxylic acids is 1. The number of likely N-dealkylation sites (tertiary alicyclic amines) is 2. The molecule has 0 bridgehead atoms. The van der Waals surface area contributed by atoms with Gasteiger partial charge in [0.15, 0.2) is 0 Å². The van der Waals surface area contributed by atoms with Crippen molar-refractivity contribution in [1.29, 1.82) is 0 Å². The lowest BCUT2D eigenvalue weighted by Crippen LogP contribution is -2.53. The van der Waals surface area contributed by atoms with Crippen LogP contribution in [-0.4, -0.2) is 58.6 Å². The number of nitrogen functional groups attached to an aromatic ring is 1. The lowest BCUT2D eigenvalue weighted by Gasteiger charge is -2.45. The van der Waals surface area contributed by atoms with Gasteiger partial charge in [-0.1, -0.05) is 11.3 Å². The van der Waals surface area contributed by atoms with Gasteiger partial charge in [0.2, 0.25) is 10.1 Å². The molecule has 3 rings (SSSR count). The molecule has 3 heterocycles. The van der Waals surface area contributed by atoms with Crippen LogP contribution < -0.4 is 5.73 Å². The maximum Gasteiger partial charge on any atom is 0.284 e. The molecular formula is C12H19N5OS. The van der Waals surface area contributed by atoms with Crippen LogP contribution in [0.3, 0.4) is 0 Å². The molecule has 0 saturated carbocycles. The summed E-state index contributed by atoms with van der Waals surface area (Å²) in [6, 6.07) is 0.636. The Hall–Kier alpha value is -1.21. The lowest BCUT2D eigenvalue weighted by molar-refractivity contribution is 0.0316. The first-order valence-corrected chi connectivity index (χ1v) is 7.55. The number of carbonyl (C=O) groups is 1. The van der Waals surface area contributed by atoms with Gasteiger partial charge in [-0.2, -0.15) is 0 Å². The van der Waals surface area contributed by atoms with E-state index in [-0.39, 0.29) is 5.91 Å². The number of rotatable bonds is 1. The van der Waals surface area contributed by atoms with Gasteiger partial charge in [-0.25, -0.2) is 0 Å². The maximum absolute atomic E-state index is 12.3.